The summed E-state index contributed by atoms with van der Waals surface area (Å²) in [5.74, 6) is 0.446. The summed E-state index contributed by atoms with van der Waals surface area (Å²) in [6.07, 6.45) is 6.52. The van der Waals surface area contributed by atoms with Gasteiger partial charge in [0.05, 0.1) is 12.0 Å². The van der Waals surface area contributed by atoms with Crippen LogP contribution in [0, 0.1) is 5.41 Å². The summed E-state index contributed by atoms with van der Waals surface area (Å²) in [7, 11) is 3.42. The van der Waals surface area contributed by atoms with Crippen LogP contribution in [0.15, 0.2) is 18.6 Å². The minimum Gasteiger partial charge on any atom is -0.477 e. The molecule has 0 radical (unpaired) electrons. The Labute approximate surface area is 130 Å². The standard InChI is InChI=1S/C16H22N4O2/c1-16(2,3)9-22-15-13-11(6-7-12(21)20(4)5)8-17-14(13)18-10-19-15/h6-8,10H,9H2,1-5H3,(H,17,18,19)/b7-6+. The van der Waals surface area contributed by atoms with Gasteiger partial charge in [-0.2, -0.15) is 0 Å². The highest BCUT2D eigenvalue weighted by atomic mass is 16.5. The van der Waals surface area contributed by atoms with Gasteiger partial charge in [0.1, 0.15) is 12.0 Å². The summed E-state index contributed by atoms with van der Waals surface area (Å²) in [6, 6.07) is 0. The zero-order valence-corrected chi connectivity index (χ0v) is 13.7. The number of hydrogen-bond donors (Lipinski definition) is 1. The monoisotopic (exact) mass is 302 g/mol. The average molecular weight is 302 g/mol. The number of nitrogens with zero attached hydrogens (tertiary/aromatic N) is 3. The molecule has 2 aromatic rings. The third kappa shape index (κ3) is 3.84. The maximum Gasteiger partial charge on any atom is 0.246 e. The van der Waals surface area contributed by atoms with Gasteiger partial charge in [-0.3, -0.25) is 4.79 Å². The van der Waals surface area contributed by atoms with Crippen molar-refractivity contribution in [2.24, 2.45) is 5.41 Å². The van der Waals surface area contributed by atoms with Crippen molar-refractivity contribution in [3.63, 3.8) is 0 Å². The number of amides is 1. The van der Waals surface area contributed by atoms with E-state index in [1.165, 1.54) is 17.3 Å². The molecule has 2 heterocycles. The normalized spacial score (nSPS) is 12.0. The quantitative estimate of drug-likeness (QED) is 0.881. The molecule has 6 nitrogen and oxygen atoms in total. The number of ether oxygens (including phenoxy) is 1. The van der Waals surface area contributed by atoms with Gasteiger partial charge < -0.3 is 14.6 Å². The fourth-order valence-corrected chi connectivity index (χ4v) is 1.79. The number of H-pyrrole nitrogens is 1. The van der Waals surface area contributed by atoms with Gasteiger partial charge in [-0.1, -0.05) is 20.8 Å². The van der Waals surface area contributed by atoms with Crippen LogP contribution in [-0.2, 0) is 4.79 Å². The van der Waals surface area contributed by atoms with Crippen molar-refractivity contribution in [1.29, 1.82) is 0 Å². The summed E-state index contributed by atoms with van der Waals surface area (Å²) >= 11 is 0. The zero-order chi connectivity index (χ0) is 16.3. The Hall–Kier alpha value is -2.37. The summed E-state index contributed by atoms with van der Waals surface area (Å²) in [4.78, 5) is 24.7. The second-order valence-corrected chi connectivity index (χ2v) is 6.56. The van der Waals surface area contributed by atoms with E-state index in [-0.39, 0.29) is 11.3 Å². The predicted molar refractivity (Wildman–Crippen MR) is 86.6 cm³/mol. The van der Waals surface area contributed by atoms with Crippen LogP contribution < -0.4 is 4.74 Å². The fraction of sp³-hybridized carbons (Fsp3) is 0.438. The van der Waals surface area contributed by atoms with Gasteiger partial charge in [0.25, 0.3) is 0 Å². The molecular weight excluding hydrogens is 280 g/mol. The lowest BCUT2D eigenvalue weighted by molar-refractivity contribution is -0.123. The van der Waals surface area contributed by atoms with Gasteiger partial charge in [-0.15, -0.1) is 0 Å². The molecule has 118 valence electrons. The molecule has 1 amide bonds. The Morgan fingerprint density at radius 2 is 2.09 bits per heavy atom. The molecule has 0 aliphatic carbocycles. The third-order valence-electron chi connectivity index (χ3n) is 2.95. The van der Waals surface area contributed by atoms with E-state index >= 15 is 0 Å². The van der Waals surface area contributed by atoms with Gasteiger partial charge in [0.15, 0.2) is 0 Å². The van der Waals surface area contributed by atoms with Crippen molar-refractivity contribution < 1.29 is 9.53 Å². The van der Waals surface area contributed by atoms with Crippen LogP contribution in [-0.4, -0.2) is 46.5 Å². The van der Waals surface area contributed by atoms with Crippen LogP contribution in [0.25, 0.3) is 17.1 Å². The van der Waals surface area contributed by atoms with Crippen LogP contribution in [0.4, 0.5) is 0 Å². The lowest BCUT2D eigenvalue weighted by atomic mass is 9.99. The second-order valence-electron chi connectivity index (χ2n) is 6.56. The third-order valence-corrected chi connectivity index (χ3v) is 2.95. The van der Waals surface area contributed by atoms with Gasteiger partial charge in [0.2, 0.25) is 11.8 Å². The molecule has 6 heteroatoms. The Bertz CT molecular complexity index is 696. The molecule has 0 unspecified atom stereocenters. The maximum absolute atomic E-state index is 11.7. The number of carbonyl (C=O) groups excluding carboxylic acids is 1. The van der Waals surface area contributed by atoms with Crippen LogP contribution in [0.3, 0.4) is 0 Å². The highest BCUT2D eigenvalue weighted by molar-refractivity contribution is 5.96. The van der Waals surface area contributed by atoms with Crippen molar-refractivity contribution in [1.82, 2.24) is 19.9 Å². The number of likely N-dealkylation sites (N-methyl/N-ethyl adjacent to an activating group) is 1. The number of carbonyl (C=O) groups is 1. The minimum atomic E-state index is -0.0802. The lowest BCUT2D eigenvalue weighted by Gasteiger charge is -2.18. The molecule has 0 aromatic carbocycles. The molecule has 0 saturated heterocycles. The van der Waals surface area contributed by atoms with Crippen LogP contribution in [0.2, 0.25) is 0 Å². The Morgan fingerprint density at radius 3 is 2.73 bits per heavy atom. The number of aromatic amines is 1. The average Bonchev–Trinajstić information content (AvgIpc) is 2.85. The smallest absolute Gasteiger partial charge is 0.246 e. The molecule has 1 N–H and O–H groups in total. The van der Waals surface area contributed by atoms with E-state index in [1.54, 1.807) is 26.4 Å². The number of fused-ring (bicyclic) bond motifs is 1. The molecular formula is C16H22N4O2. The van der Waals surface area contributed by atoms with E-state index in [9.17, 15) is 4.79 Å². The molecule has 0 spiro atoms. The Kier molecular flexibility index (Phi) is 4.49. The highest BCUT2D eigenvalue weighted by Crippen LogP contribution is 2.27. The molecule has 0 aliphatic heterocycles. The second kappa shape index (κ2) is 6.17. The van der Waals surface area contributed by atoms with Gasteiger partial charge in [-0.25, -0.2) is 9.97 Å². The molecule has 2 aromatic heterocycles. The van der Waals surface area contributed by atoms with Crippen molar-refractivity contribution in [3.8, 4) is 5.88 Å². The number of nitrogens with one attached hydrogen (secondary N) is 1. The van der Waals surface area contributed by atoms with Gasteiger partial charge >= 0.3 is 0 Å². The van der Waals surface area contributed by atoms with E-state index in [2.05, 4.69) is 35.7 Å². The summed E-state index contributed by atoms with van der Waals surface area (Å²) < 4.78 is 5.84. The van der Waals surface area contributed by atoms with E-state index in [1.807, 2.05) is 0 Å². The van der Waals surface area contributed by atoms with Crippen molar-refractivity contribution in [2.45, 2.75) is 20.8 Å². The van der Waals surface area contributed by atoms with Crippen molar-refractivity contribution >= 4 is 23.0 Å². The largest absolute Gasteiger partial charge is 0.477 e. The molecule has 0 bridgehead atoms. The first kappa shape index (κ1) is 16.0. The maximum atomic E-state index is 11.7. The number of rotatable bonds is 4. The van der Waals surface area contributed by atoms with E-state index in [0.717, 1.165) is 10.9 Å². The lowest BCUT2D eigenvalue weighted by Crippen LogP contribution is -2.18. The summed E-state index contributed by atoms with van der Waals surface area (Å²) in [6.45, 7) is 6.83. The first-order valence-electron chi connectivity index (χ1n) is 7.12. The SMILES string of the molecule is CN(C)C(=O)/C=C/c1c[nH]c2ncnc(OCC(C)(C)C)c12. The van der Waals surface area contributed by atoms with Crippen molar-refractivity contribution in [3.05, 3.63) is 24.2 Å². The highest BCUT2D eigenvalue weighted by Gasteiger charge is 2.15. The van der Waals surface area contributed by atoms with E-state index in [4.69, 9.17) is 4.74 Å². The molecule has 0 saturated carbocycles. The molecule has 2 rings (SSSR count). The van der Waals surface area contributed by atoms with Crippen molar-refractivity contribution in [2.75, 3.05) is 20.7 Å². The molecule has 0 fully saturated rings. The summed E-state index contributed by atoms with van der Waals surface area (Å²) in [5.41, 5.74) is 1.55. The fourth-order valence-electron chi connectivity index (χ4n) is 1.79. The first-order valence-corrected chi connectivity index (χ1v) is 7.12. The van der Waals surface area contributed by atoms with Crippen LogP contribution >= 0.6 is 0 Å². The topological polar surface area (TPSA) is 71.1 Å². The Morgan fingerprint density at radius 1 is 1.36 bits per heavy atom. The van der Waals surface area contributed by atoms with E-state index in [0.29, 0.717) is 18.1 Å². The summed E-state index contributed by atoms with van der Waals surface area (Å²) in [5, 5.41) is 0.787. The van der Waals surface area contributed by atoms with Gasteiger partial charge in [0, 0.05) is 31.9 Å². The number of aromatic nitrogens is 3. The van der Waals surface area contributed by atoms with Crippen LogP contribution in [0.5, 0.6) is 5.88 Å². The molecule has 0 aliphatic rings. The van der Waals surface area contributed by atoms with E-state index < -0.39 is 0 Å². The number of hydrogen-bond acceptors (Lipinski definition) is 4. The first-order chi connectivity index (χ1) is 10.3. The Balaban J connectivity index is 2.34. The molecule has 0 atom stereocenters. The molecule has 22 heavy (non-hydrogen) atoms. The zero-order valence-electron chi connectivity index (χ0n) is 13.7. The minimum absolute atomic E-state index is 0.0322. The van der Waals surface area contributed by atoms with Crippen LogP contribution in [0.1, 0.15) is 26.3 Å². The predicted octanol–water partition coefficient (Wildman–Crippen LogP) is 2.48. The van der Waals surface area contributed by atoms with Gasteiger partial charge in [-0.05, 0) is 11.5 Å².